The summed E-state index contributed by atoms with van der Waals surface area (Å²) >= 11 is 0. The van der Waals surface area contributed by atoms with E-state index in [9.17, 15) is 0 Å². The lowest BCUT2D eigenvalue weighted by molar-refractivity contribution is 0.383. The molecule has 0 aromatic heterocycles. The maximum absolute atomic E-state index is 5.92. The van der Waals surface area contributed by atoms with Gasteiger partial charge in [-0.2, -0.15) is 0 Å². The Morgan fingerprint density at radius 2 is 0.826 bits per heavy atom. The number of nitrogens with two attached hydrogens (primary N) is 2. The van der Waals surface area contributed by atoms with Gasteiger partial charge in [0.15, 0.2) is 0 Å². The molecule has 0 aliphatic carbocycles. The van der Waals surface area contributed by atoms with Crippen LogP contribution in [0.25, 0.3) is 0 Å². The van der Waals surface area contributed by atoms with E-state index in [1.165, 1.54) is 28.4 Å². The van der Waals surface area contributed by atoms with Crippen LogP contribution in [0.2, 0.25) is 0 Å². The lowest BCUT2D eigenvalue weighted by atomic mass is 10.2. The highest BCUT2D eigenvalue weighted by atomic mass is 16.5. The summed E-state index contributed by atoms with van der Waals surface area (Å²) < 4.78 is 26.7. The smallest absolute Gasteiger partial charge is 0.149 e. The predicted octanol–water partition coefficient (Wildman–Crippen LogP) is 2.68. The van der Waals surface area contributed by atoms with Gasteiger partial charge in [0.05, 0.1) is 28.4 Å². The zero-order valence-electron chi connectivity index (χ0n) is 13.5. The molecular formula is C16H20N2O5. The van der Waals surface area contributed by atoms with E-state index >= 15 is 0 Å². The van der Waals surface area contributed by atoms with Crippen LogP contribution in [0.1, 0.15) is 0 Å². The monoisotopic (exact) mass is 320 g/mol. The van der Waals surface area contributed by atoms with Gasteiger partial charge in [-0.25, -0.2) is 0 Å². The van der Waals surface area contributed by atoms with Gasteiger partial charge in [0, 0.05) is 24.3 Å². The number of rotatable bonds is 6. The topological polar surface area (TPSA) is 98.2 Å². The van der Waals surface area contributed by atoms with Crippen molar-refractivity contribution in [3.8, 4) is 34.5 Å². The molecule has 23 heavy (non-hydrogen) atoms. The Morgan fingerprint density at radius 3 is 1.04 bits per heavy atom. The second-order valence-electron chi connectivity index (χ2n) is 4.59. The van der Waals surface area contributed by atoms with Crippen LogP contribution in [0.15, 0.2) is 24.3 Å². The Kier molecular flexibility index (Phi) is 4.90. The fourth-order valence-electron chi connectivity index (χ4n) is 2.08. The predicted molar refractivity (Wildman–Crippen MR) is 88.0 cm³/mol. The van der Waals surface area contributed by atoms with Crippen molar-refractivity contribution in [3.63, 3.8) is 0 Å². The Labute approximate surface area is 134 Å². The Bertz CT molecular complexity index is 593. The Hall–Kier alpha value is -2.96. The SMILES string of the molecule is COc1cc(Oc2cc(OC)c(N)c(OC)c2)cc(OC)c1N. The number of anilines is 2. The summed E-state index contributed by atoms with van der Waals surface area (Å²) in [5.41, 5.74) is 12.6. The zero-order valence-corrected chi connectivity index (χ0v) is 13.5. The van der Waals surface area contributed by atoms with E-state index in [-0.39, 0.29) is 0 Å². The van der Waals surface area contributed by atoms with Crippen LogP contribution in [0, 0.1) is 0 Å². The van der Waals surface area contributed by atoms with E-state index in [4.69, 9.17) is 35.2 Å². The van der Waals surface area contributed by atoms with Crippen LogP contribution in [0.4, 0.5) is 11.4 Å². The number of ether oxygens (including phenoxy) is 5. The van der Waals surface area contributed by atoms with Crippen LogP contribution in [0.5, 0.6) is 34.5 Å². The quantitative estimate of drug-likeness (QED) is 0.789. The second kappa shape index (κ2) is 6.87. The molecule has 0 aliphatic heterocycles. The summed E-state index contributed by atoms with van der Waals surface area (Å²) in [6.45, 7) is 0. The first-order valence-corrected chi connectivity index (χ1v) is 6.74. The lowest BCUT2D eigenvalue weighted by Gasteiger charge is -2.15. The van der Waals surface area contributed by atoms with Crippen LogP contribution in [-0.4, -0.2) is 28.4 Å². The molecule has 0 fully saturated rings. The number of nitrogen functional groups attached to an aromatic ring is 2. The number of hydrogen-bond donors (Lipinski definition) is 2. The van der Waals surface area contributed by atoms with Crippen molar-refractivity contribution in [2.75, 3.05) is 39.9 Å². The molecule has 7 heteroatoms. The maximum atomic E-state index is 5.92. The molecule has 0 heterocycles. The summed E-state index contributed by atoms with van der Waals surface area (Å²) in [6.07, 6.45) is 0. The molecule has 0 atom stereocenters. The molecule has 2 aromatic carbocycles. The van der Waals surface area contributed by atoms with Crippen molar-refractivity contribution in [2.45, 2.75) is 0 Å². The third-order valence-corrected chi connectivity index (χ3v) is 3.27. The largest absolute Gasteiger partial charge is 0.494 e. The molecule has 0 spiro atoms. The molecule has 0 amide bonds. The first-order chi connectivity index (χ1) is 11.0. The molecule has 0 radical (unpaired) electrons. The molecule has 2 aromatic rings. The normalized spacial score (nSPS) is 10.1. The number of methoxy groups -OCH3 is 4. The van der Waals surface area contributed by atoms with Gasteiger partial charge in [-0.3, -0.25) is 0 Å². The zero-order chi connectivity index (χ0) is 17.0. The van der Waals surface area contributed by atoms with Gasteiger partial charge in [-0.05, 0) is 0 Å². The molecule has 0 saturated heterocycles. The molecule has 0 unspecified atom stereocenters. The molecule has 2 rings (SSSR count). The second-order valence-corrected chi connectivity index (χ2v) is 4.59. The minimum absolute atomic E-state index is 0.398. The van der Waals surface area contributed by atoms with Crippen molar-refractivity contribution >= 4 is 11.4 Å². The van der Waals surface area contributed by atoms with Crippen LogP contribution >= 0.6 is 0 Å². The first-order valence-electron chi connectivity index (χ1n) is 6.74. The molecule has 0 saturated carbocycles. The van der Waals surface area contributed by atoms with Gasteiger partial charge < -0.3 is 35.2 Å². The van der Waals surface area contributed by atoms with Gasteiger partial charge in [0.2, 0.25) is 0 Å². The maximum Gasteiger partial charge on any atom is 0.149 e. The van der Waals surface area contributed by atoms with Gasteiger partial charge in [-0.1, -0.05) is 0 Å². The fourth-order valence-corrected chi connectivity index (χ4v) is 2.08. The Morgan fingerprint density at radius 1 is 0.565 bits per heavy atom. The van der Waals surface area contributed by atoms with Crippen molar-refractivity contribution in [1.29, 1.82) is 0 Å². The highest BCUT2D eigenvalue weighted by Gasteiger charge is 2.14. The van der Waals surface area contributed by atoms with E-state index < -0.39 is 0 Å². The highest BCUT2D eigenvalue weighted by Crippen LogP contribution is 2.41. The third kappa shape index (κ3) is 3.28. The average molecular weight is 320 g/mol. The van der Waals surface area contributed by atoms with Crippen molar-refractivity contribution in [2.24, 2.45) is 0 Å². The van der Waals surface area contributed by atoms with E-state index in [1.54, 1.807) is 24.3 Å². The molecular weight excluding hydrogens is 300 g/mol. The summed E-state index contributed by atoms with van der Waals surface area (Å²) in [4.78, 5) is 0. The molecule has 0 aliphatic rings. The lowest BCUT2D eigenvalue weighted by Crippen LogP contribution is -1.99. The summed E-state index contributed by atoms with van der Waals surface area (Å²) in [6, 6.07) is 6.64. The number of hydrogen-bond acceptors (Lipinski definition) is 7. The molecule has 124 valence electrons. The van der Waals surface area contributed by atoms with E-state index in [1.807, 2.05) is 0 Å². The van der Waals surface area contributed by atoms with E-state index in [2.05, 4.69) is 0 Å². The van der Waals surface area contributed by atoms with Crippen LogP contribution in [-0.2, 0) is 0 Å². The standard InChI is InChI=1S/C16H20N2O5/c1-19-11-5-9(6-12(20-2)15(11)17)23-10-7-13(21-3)16(18)14(8-10)22-4/h5-8H,17-18H2,1-4H3. The van der Waals surface area contributed by atoms with Gasteiger partial charge in [-0.15, -0.1) is 0 Å². The molecule has 7 nitrogen and oxygen atoms in total. The van der Waals surface area contributed by atoms with Crippen LogP contribution in [0.3, 0.4) is 0 Å². The summed E-state index contributed by atoms with van der Waals surface area (Å²) in [5.74, 6) is 2.79. The van der Waals surface area contributed by atoms with Gasteiger partial charge in [0.25, 0.3) is 0 Å². The molecule has 4 N–H and O–H groups in total. The summed E-state index contributed by atoms with van der Waals surface area (Å²) in [7, 11) is 6.07. The summed E-state index contributed by atoms with van der Waals surface area (Å²) in [5, 5.41) is 0. The first kappa shape index (κ1) is 16.4. The van der Waals surface area contributed by atoms with E-state index in [0.29, 0.717) is 45.9 Å². The minimum Gasteiger partial charge on any atom is -0.494 e. The molecule has 0 bridgehead atoms. The third-order valence-electron chi connectivity index (χ3n) is 3.27. The van der Waals surface area contributed by atoms with Crippen LogP contribution < -0.4 is 35.2 Å². The fraction of sp³-hybridized carbons (Fsp3) is 0.250. The van der Waals surface area contributed by atoms with Gasteiger partial charge >= 0.3 is 0 Å². The minimum atomic E-state index is 0.398. The average Bonchev–Trinajstić information content (AvgIpc) is 2.57. The Balaban J connectivity index is 2.43. The van der Waals surface area contributed by atoms with Gasteiger partial charge in [0.1, 0.15) is 45.9 Å². The highest BCUT2D eigenvalue weighted by molar-refractivity contribution is 5.68. The van der Waals surface area contributed by atoms with Crippen molar-refractivity contribution < 1.29 is 23.7 Å². The van der Waals surface area contributed by atoms with Crippen molar-refractivity contribution in [3.05, 3.63) is 24.3 Å². The van der Waals surface area contributed by atoms with E-state index in [0.717, 1.165) is 0 Å². The number of benzene rings is 2. The van der Waals surface area contributed by atoms with Crippen molar-refractivity contribution in [1.82, 2.24) is 0 Å².